The van der Waals surface area contributed by atoms with Crippen LogP contribution in [0.4, 0.5) is 0 Å². The molecule has 0 aromatic carbocycles. The normalized spacial score (nSPS) is 12.7. The van der Waals surface area contributed by atoms with E-state index in [0.29, 0.717) is 0 Å². The van der Waals surface area contributed by atoms with Crippen molar-refractivity contribution in [3.63, 3.8) is 0 Å². The largest absolute Gasteiger partial charge is 0.480 e. The Hall–Kier alpha value is -1.66. The molecule has 0 rings (SSSR count). The van der Waals surface area contributed by atoms with Gasteiger partial charge >= 0.3 is 11.9 Å². The molecule has 5 N–H and O–H groups in total. The topological polar surface area (TPSA) is 121 Å². The van der Waals surface area contributed by atoms with Crippen LogP contribution in [0.2, 0.25) is 0 Å². The molecule has 2 atom stereocenters. The minimum Gasteiger partial charge on any atom is -0.480 e. The second kappa shape index (κ2) is 7.96. The van der Waals surface area contributed by atoms with Gasteiger partial charge in [-0.05, 0) is 0 Å². The summed E-state index contributed by atoms with van der Waals surface area (Å²) < 4.78 is 0. The maximum Gasteiger partial charge on any atom is 0.336 e. The number of nitrogens with two attached hydrogens (primary N) is 1. The third-order valence-electron chi connectivity index (χ3n) is 1.02. The van der Waals surface area contributed by atoms with Gasteiger partial charge in [-0.3, -0.25) is 4.79 Å². The fourth-order valence-electron chi connectivity index (χ4n) is 0.202. The highest BCUT2D eigenvalue weighted by molar-refractivity contribution is 5.75. The van der Waals surface area contributed by atoms with Gasteiger partial charge in [-0.2, -0.15) is 0 Å². The number of rotatable bonds is 4. The summed E-state index contributed by atoms with van der Waals surface area (Å²) in [7, 11) is 0. The Morgan fingerprint density at radius 2 is 1.57 bits per heavy atom. The highest BCUT2D eigenvalue weighted by Crippen LogP contribution is 1.79. The summed E-state index contributed by atoms with van der Waals surface area (Å²) in [5, 5.41) is 24.1. The number of aliphatic hydroxyl groups is 1. The Bertz CT molecular complexity index is 202. The molecule has 0 aliphatic rings. The molecule has 0 aromatic rings. The Balaban J connectivity index is 0. The molecule has 80 valence electrons. The van der Waals surface area contributed by atoms with E-state index >= 15 is 0 Å². The third-order valence-corrected chi connectivity index (χ3v) is 1.02. The number of aliphatic carboxylic acids is 2. The Kier molecular flexibility index (Phi) is 8.44. The van der Waals surface area contributed by atoms with Crippen molar-refractivity contribution >= 4 is 11.9 Å². The van der Waals surface area contributed by atoms with Crippen molar-refractivity contribution in [2.24, 2.45) is 5.73 Å². The van der Waals surface area contributed by atoms with Gasteiger partial charge < -0.3 is 21.1 Å². The van der Waals surface area contributed by atoms with E-state index in [1.54, 1.807) is 0 Å². The second-order valence-corrected chi connectivity index (χ2v) is 2.12. The Morgan fingerprint density at radius 1 is 1.14 bits per heavy atom. The van der Waals surface area contributed by atoms with Crippen LogP contribution < -0.4 is 5.73 Å². The Labute approximate surface area is 81.0 Å². The van der Waals surface area contributed by atoms with Crippen molar-refractivity contribution in [1.82, 2.24) is 0 Å². The van der Waals surface area contributed by atoms with Gasteiger partial charge in [0.2, 0.25) is 0 Å². The molecule has 0 aliphatic carbocycles. The summed E-state index contributed by atoms with van der Waals surface area (Å²) in [4.78, 5) is 19.3. The van der Waals surface area contributed by atoms with Gasteiger partial charge in [-0.25, -0.2) is 4.79 Å². The molecule has 0 aliphatic heterocycles. The SMILES string of the molecule is C=CC(N)C(=O)O.C=CC(O)C(=O)O. The zero-order valence-corrected chi connectivity index (χ0v) is 7.46. The van der Waals surface area contributed by atoms with E-state index < -0.39 is 24.1 Å². The smallest absolute Gasteiger partial charge is 0.336 e. The molecular formula is C8H13NO5. The van der Waals surface area contributed by atoms with Gasteiger partial charge in [-0.15, -0.1) is 6.58 Å². The number of carboxylic acids is 2. The first kappa shape index (κ1) is 14.8. The quantitative estimate of drug-likeness (QED) is 0.444. The lowest BCUT2D eigenvalue weighted by Gasteiger charge is -1.92. The van der Waals surface area contributed by atoms with Crippen LogP contribution in [0.15, 0.2) is 25.3 Å². The average Bonchev–Trinajstić information content (AvgIpc) is 2.15. The molecule has 2 unspecified atom stereocenters. The van der Waals surface area contributed by atoms with Crippen LogP contribution >= 0.6 is 0 Å². The highest BCUT2D eigenvalue weighted by Gasteiger charge is 2.04. The summed E-state index contributed by atoms with van der Waals surface area (Å²) in [5.74, 6) is -2.31. The number of aliphatic hydroxyl groups excluding tert-OH is 1. The highest BCUT2D eigenvalue weighted by atomic mass is 16.4. The van der Waals surface area contributed by atoms with Crippen LogP contribution in [0.5, 0.6) is 0 Å². The number of carbonyl (C=O) groups is 2. The molecule has 0 amide bonds. The van der Waals surface area contributed by atoms with Crippen molar-refractivity contribution in [3.8, 4) is 0 Å². The second-order valence-electron chi connectivity index (χ2n) is 2.12. The van der Waals surface area contributed by atoms with Gasteiger partial charge in [0.05, 0.1) is 0 Å². The monoisotopic (exact) mass is 203 g/mol. The van der Waals surface area contributed by atoms with Gasteiger partial charge in [0.1, 0.15) is 6.04 Å². The Morgan fingerprint density at radius 3 is 1.57 bits per heavy atom. The van der Waals surface area contributed by atoms with Crippen molar-refractivity contribution in [2.75, 3.05) is 0 Å². The van der Waals surface area contributed by atoms with E-state index in [9.17, 15) is 9.59 Å². The zero-order valence-electron chi connectivity index (χ0n) is 7.46. The van der Waals surface area contributed by atoms with Crippen LogP contribution in [-0.4, -0.2) is 39.4 Å². The molecule has 6 nitrogen and oxygen atoms in total. The first-order valence-electron chi connectivity index (χ1n) is 3.51. The summed E-state index contributed by atoms with van der Waals surface area (Å²) in [6, 6.07) is -0.917. The van der Waals surface area contributed by atoms with Crippen molar-refractivity contribution in [2.45, 2.75) is 12.1 Å². The van der Waals surface area contributed by atoms with E-state index in [-0.39, 0.29) is 0 Å². The van der Waals surface area contributed by atoms with E-state index in [0.717, 1.165) is 6.08 Å². The zero-order chi connectivity index (χ0) is 11.7. The third kappa shape index (κ3) is 8.44. The summed E-state index contributed by atoms with van der Waals surface area (Å²) in [6.07, 6.45) is 0.699. The van der Waals surface area contributed by atoms with E-state index in [2.05, 4.69) is 13.2 Å². The minimum atomic E-state index is -1.42. The van der Waals surface area contributed by atoms with Gasteiger partial charge in [0.15, 0.2) is 6.10 Å². The van der Waals surface area contributed by atoms with Crippen molar-refractivity contribution < 1.29 is 24.9 Å². The first-order chi connectivity index (χ1) is 6.36. The van der Waals surface area contributed by atoms with E-state index in [1.807, 2.05) is 0 Å². The lowest BCUT2D eigenvalue weighted by molar-refractivity contribution is -0.144. The maximum atomic E-state index is 9.73. The number of carboxylic acid groups (broad SMARTS) is 2. The molecule has 0 heterocycles. The van der Waals surface area contributed by atoms with Crippen molar-refractivity contribution in [3.05, 3.63) is 25.3 Å². The van der Waals surface area contributed by atoms with Gasteiger partial charge in [0.25, 0.3) is 0 Å². The van der Waals surface area contributed by atoms with Crippen molar-refractivity contribution in [1.29, 1.82) is 0 Å². The van der Waals surface area contributed by atoms with Gasteiger partial charge in [0, 0.05) is 0 Å². The molecule has 0 radical (unpaired) electrons. The molecular weight excluding hydrogens is 190 g/mol. The average molecular weight is 203 g/mol. The molecule has 6 heteroatoms. The van der Waals surface area contributed by atoms with Crippen LogP contribution in [-0.2, 0) is 9.59 Å². The molecule has 0 bridgehead atoms. The molecule has 0 fully saturated rings. The predicted octanol–water partition coefficient (Wildman–Crippen LogP) is -0.798. The minimum absolute atomic E-state index is 0.917. The summed E-state index contributed by atoms with van der Waals surface area (Å²) >= 11 is 0. The molecule has 0 aromatic heterocycles. The maximum absolute atomic E-state index is 9.73. The summed E-state index contributed by atoms with van der Waals surface area (Å²) in [5.41, 5.74) is 4.90. The fraction of sp³-hybridized carbons (Fsp3) is 0.250. The first-order valence-corrected chi connectivity index (χ1v) is 3.51. The molecule has 0 spiro atoms. The fourth-order valence-corrected chi connectivity index (χ4v) is 0.202. The lowest BCUT2D eigenvalue weighted by Crippen LogP contribution is -2.26. The molecule has 14 heavy (non-hydrogen) atoms. The van der Waals surface area contributed by atoms with E-state index in [1.165, 1.54) is 6.08 Å². The number of hydrogen-bond donors (Lipinski definition) is 4. The standard InChI is InChI=1S/C4H7NO2.C4H6O3/c2*1-2-3(5)4(6)7/h2-3H,1,5H2,(H,6,7);2-3,5H,1H2,(H,6,7). The summed E-state index contributed by atoms with van der Waals surface area (Å²) in [6.45, 7) is 6.23. The van der Waals surface area contributed by atoms with Gasteiger partial charge in [-0.1, -0.05) is 18.7 Å². The van der Waals surface area contributed by atoms with Crippen LogP contribution in [0.25, 0.3) is 0 Å². The van der Waals surface area contributed by atoms with Crippen LogP contribution in [0, 0.1) is 0 Å². The molecule has 0 saturated carbocycles. The number of hydrogen-bond acceptors (Lipinski definition) is 4. The van der Waals surface area contributed by atoms with Crippen LogP contribution in [0.1, 0.15) is 0 Å². The van der Waals surface area contributed by atoms with E-state index in [4.69, 9.17) is 21.1 Å². The molecule has 0 saturated heterocycles. The predicted molar refractivity (Wildman–Crippen MR) is 49.6 cm³/mol. The van der Waals surface area contributed by atoms with Crippen LogP contribution in [0.3, 0.4) is 0 Å². The lowest BCUT2D eigenvalue weighted by atomic mass is 10.3.